The average molecular weight is 550 g/mol. The molecule has 1 amide bonds. The second-order valence-electron chi connectivity index (χ2n) is 12.9. The Balaban J connectivity index is 1.30. The van der Waals surface area contributed by atoms with Crippen LogP contribution in [-0.4, -0.2) is 40.0 Å². The fraction of sp³-hybridized carbons (Fsp3) is 0.444. The summed E-state index contributed by atoms with van der Waals surface area (Å²) in [6.07, 6.45) is 8.55. The highest BCUT2D eigenvalue weighted by atomic mass is 16.5. The van der Waals surface area contributed by atoms with E-state index in [2.05, 4.69) is 86.1 Å². The third kappa shape index (κ3) is 5.70. The zero-order valence-corrected chi connectivity index (χ0v) is 25.0. The van der Waals surface area contributed by atoms with E-state index in [-0.39, 0.29) is 5.91 Å². The van der Waals surface area contributed by atoms with Gasteiger partial charge in [-0.3, -0.25) is 9.78 Å². The van der Waals surface area contributed by atoms with Gasteiger partial charge in [0.25, 0.3) is 0 Å². The minimum atomic E-state index is -0.681. The summed E-state index contributed by atoms with van der Waals surface area (Å²) in [5, 5.41) is 1.16. The first-order valence-electron chi connectivity index (χ1n) is 15.3. The first-order valence-corrected chi connectivity index (χ1v) is 15.3. The van der Waals surface area contributed by atoms with Crippen LogP contribution in [0, 0.1) is 19.8 Å². The van der Waals surface area contributed by atoms with Crippen molar-refractivity contribution in [3.05, 3.63) is 88.7 Å². The molecule has 41 heavy (non-hydrogen) atoms. The number of ether oxygens (including phenoxy) is 1. The number of rotatable bonds is 9. The van der Waals surface area contributed by atoms with E-state index >= 15 is 0 Å². The molecule has 3 aliphatic rings. The number of piperidine rings is 2. The number of nitrogens with zero attached hydrogens (tertiary/aromatic N) is 2. The lowest BCUT2D eigenvalue weighted by Crippen LogP contribution is -2.55. The van der Waals surface area contributed by atoms with Gasteiger partial charge in [0, 0.05) is 30.3 Å². The molecule has 0 atom stereocenters. The lowest BCUT2D eigenvalue weighted by atomic mass is 9.77. The van der Waals surface area contributed by atoms with E-state index in [1.54, 1.807) is 0 Å². The highest BCUT2D eigenvalue weighted by Crippen LogP contribution is 2.39. The Morgan fingerprint density at radius 2 is 1.76 bits per heavy atom. The van der Waals surface area contributed by atoms with Crippen LogP contribution in [0.3, 0.4) is 0 Å². The summed E-state index contributed by atoms with van der Waals surface area (Å²) >= 11 is 0. The quantitative estimate of drug-likeness (QED) is 0.218. The minimum absolute atomic E-state index is 0.222. The zero-order chi connectivity index (χ0) is 28.6. The van der Waals surface area contributed by atoms with E-state index in [0.29, 0.717) is 25.2 Å². The Hall–Kier alpha value is -3.44. The minimum Gasteiger partial charge on any atom is -0.377 e. The summed E-state index contributed by atoms with van der Waals surface area (Å²) in [4.78, 5) is 24.7. The van der Waals surface area contributed by atoms with Gasteiger partial charge in [0.1, 0.15) is 0 Å². The summed E-state index contributed by atoms with van der Waals surface area (Å²) in [6, 6.07) is 19.6. The van der Waals surface area contributed by atoms with Crippen molar-refractivity contribution in [2.75, 3.05) is 13.2 Å². The molecule has 2 bridgehead atoms. The molecule has 1 aliphatic carbocycles. The van der Waals surface area contributed by atoms with Crippen LogP contribution in [0.15, 0.2) is 60.8 Å². The van der Waals surface area contributed by atoms with Crippen molar-refractivity contribution in [2.24, 2.45) is 5.92 Å². The summed E-state index contributed by atoms with van der Waals surface area (Å²) in [5.74, 6) is 0.885. The van der Waals surface area contributed by atoms with E-state index in [1.165, 1.54) is 40.7 Å². The summed E-state index contributed by atoms with van der Waals surface area (Å²) in [7, 11) is 0. The number of nitrogens with one attached hydrogen (secondary N) is 1. The van der Waals surface area contributed by atoms with Crippen LogP contribution >= 0.6 is 0 Å². The highest BCUT2D eigenvalue weighted by Gasteiger charge is 2.43. The second-order valence-corrected chi connectivity index (χ2v) is 12.9. The molecule has 4 heterocycles. The molecule has 0 radical (unpaired) electrons. The summed E-state index contributed by atoms with van der Waals surface area (Å²) in [5.41, 5.74) is 8.49. The number of H-pyrrole nitrogens is 1. The van der Waals surface area contributed by atoms with Crippen molar-refractivity contribution in [3.8, 4) is 11.3 Å². The molecule has 2 aromatic heterocycles. The fourth-order valence-corrected chi connectivity index (χ4v) is 7.02. The first-order chi connectivity index (χ1) is 19.8. The molecule has 1 saturated carbocycles. The largest absolute Gasteiger partial charge is 0.377 e. The van der Waals surface area contributed by atoms with Crippen molar-refractivity contribution in [3.63, 3.8) is 0 Å². The lowest BCUT2D eigenvalue weighted by molar-refractivity contribution is -0.144. The van der Waals surface area contributed by atoms with Gasteiger partial charge in [0.15, 0.2) is 0 Å². The maximum atomic E-state index is 14.0. The standard InChI is InChI=1S/C36H43N3O2/c1-24-17-25(2)19-28(18-24)34-30(11-8-16-41-23-27-9-6-5-7-10-27)31-20-33(37-21-32(31)38-34)36(3,4)35(40)39-22-26-12-14-29(39)15-13-26/h5-7,9-10,17-21,26,29,38H,8,11-16,22-23H2,1-4H3. The monoisotopic (exact) mass is 549 g/mol. The smallest absolute Gasteiger partial charge is 0.234 e. The predicted molar refractivity (Wildman–Crippen MR) is 166 cm³/mol. The van der Waals surface area contributed by atoms with E-state index < -0.39 is 5.41 Å². The van der Waals surface area contributed by atoms with Crippen LogP contribution < -0.4 is 0 Å². The number of pyridine rings is 1. The molecule has 4 aromatic rings. The van der Waals surface area contributed by atoms with Crippen LogP contribution in [-0.2, 0) is 28.0 Å². The molecule has 2 aliphatic heterocycles. The molecule has 7 rings (SSSR count). The molecular weight excluding hydrogens is 506 g/mol. The number of carbonyl (C=O) groups excluding carboxylic acids is 1. The third-order valence-corrected chi connectivity index (χ3v) is 9.28. The number of hydrogen-bond donors (Lipinski definition) is 1. The number of benzene rings is 2. The number of carbonyl (C=O) groups is 1. The molecule has 214 valence electrons. The predicted octanol–water partition coefficient (Wildman–Crippen LogP) is 7.67. The van der Waals surface area contributed by atoms with Crippen molar-refractivity contribution in [2.45, 2.75) is 84.3 Å². The molecule has 3 fully saturated rings. The lowest BCUT2D eigenvalue weighted by Gasteiger charge is -2.47. The highest BCUT2D eigenvalue weighted by molar-refractivity contribution is 5.93. The molecule has 0 unspecified atom stereocenters. The Morgan fingerprint density at radius 3 is 2.44 bits per heavy atom. The van der Waals surface area contributed by atoms with Gasteiger partial charge in [-0.2, -0.15) is 0 Å². The van der Waals surface area contributed by atoms with Crippen LogP contribution in [0.1, 0.15) is 73.9 Å². The average Bonchev–Trinajstić information content (AvgIpc) is 3.35. The van der Waals surface area contributed by atoms with Crippen molar-refractivity contribution >= 4 is 16.8 Å². The van der Waals surface area contributed by atoms with Gasteiger partial charge in [-0.1, -0.05) is 47.5 Å². The summed E-state index contributed by atoms with van der Waals surface area (Å²) < 4.78 is 6.04. The number of aromatic amines is 1. The number of aryl methyl sites for hydroxylation is 3. The zero-order valence-electron chi connectivity index (χ0n) is 25.0. The van der Waals surface area contributed by atoms with Crippen LogP contribution in [0.5, 0.6) is 0 Å². The van der Waals surface area contributed by atoms with Gasteiger partial charge in [-0.25, -0.2) is 0 Å². The number of fused-ring (bicyclic) bond motifs is 4. The topological polar surface area (TPSA) is 58.2 Å². The van der Waals surface area contributed by atoms with E-state index in [1.807, 2.05) is 12.3 Å². The maximum Gasteiger partial charge on any atom is 0.234 e. The van der Waals surface area contributed by atoms with Crippen LogP contribution in [0.25, 0.3) is 22.2 Å². The second kappa shape index (κ2) is 11.4. The molecule has 5 nitrogen and oxygen atoms in total. The van der Waals surface area contributed by atoms with Crippen molar-refractivity contribution in [1.29, 1.82) is 0 Å². The van der Waals surface area contributed by atoms with E-state index in [9.17, 15) is 4.79 Å². The fourth-order valence-electron chi connectivity index (χ4n) is 7.02. The van der Waals surface area contributed by atoms with Gasteiger partial charge in [0.2, 0.25) is 5.91 Å². The molecular formula is C36H43N3O2. The van der Waals surface area contributed by atoms with Gasteiger partial charge in [-0.05, 0) is 107 Å². The number of hydrogen-bond acceptors (Lipinski definition) is 3. The number of amides is 1. The van der Waals surface area contributed by atoms with Gasteiger partial charge in [-0.15, -0.1) is 0 Å². The summed E-state index contributed by atoms with van der Waals surface area (Å²) in [6.45, 7) is 10.6. The van der Waals surface area contributed by atoms with Crippen molar-refractivity contribution in [1.82, 2.24) is 14.9 Å². The van der Waals surface area contributed by atoms with Crippen LogP contribution in [0.2, 0.25) is 0 Å². The van der Waals surface area contributed by atoms with Crippen LogP contribution in [0.4, 0.5) is 0 Å². The first kappa shape index (κ1) is 27.7. The van der Waals surface area contributed by atoms with E-state index in [4.69, 9.17) is 9.72 Å². The Morgan fingerprint density at radius 1 is 1.02 bits per heavy atom. The molecule has 2 saturated heterocycles. The number of aromatic nitrogens is 2. The van der Waals surface area contributed by atoms with Crippen molar-refractivity contribution < 1.29 is 9.53 Å². The Bertz CT molecular complexity index is 1510. The molecule has 5 heteroatoms. The molecule has 1 N–H and O–H groups in total. The molecule has 2 aromatic carbocycles. The van der Waals surface area contributed by atoms with Gasteiger partial charge in [0.05, 0.1) is 29.4 Å². The SMILES string of the molecule is Cc1cc(C)cc(-c2[nH]c3cnc(C(C)(C)C(=O)N4CC5CCC4CC5)cc3c2CCCOCc2ccccc2)c1. The van der Waals surface area contributed by atoms with E-state index in [0.717, 1.165) is 54.5 Å². The molecule has 0 spiro atoms. The Kier molecular flexibility index (Phi) is 7.74. The third-order valence-electron chi connectivity index (χ3n) is 9.28. The maximum absolute atomic E-state index is 14.0. The Labute approximate surface area is 244 Å². The van der Waals surface area contributed by atoms with Gasteiger partial charge < -0.3 is 14.6 Å². The normalized spacial score (nSPS) is 18.8. The van der Waals surface area contributed by atoms with Gasteiger partial charge >= 0.3 is 0 Å².